The minimum absolute atomic E-state index is 0.127. The molecule has 2 atom stereocenters. The molecule has 0 bridgehead atoms. The third kappa shape index (κ3) is 4.26. The third-order valence-corrected chi connectivity index (χ3v) is 3.17. The molecule has 1 fully saturated rings. The number of carbonyl (C=O) groups is 3. The van der Waals surface area contributed by atoms with Crippen molar-refractivity contribution in [1.29, 1.82) is 0 Å². The average molecular weight is 260 g/mol. The maximum atomic E-state index is 11.6. The monoisotopic (exact) mass is 260 g/mol. The highest BCUT2D eigenvalue weighted by atomic mass is 32.2. The van der Waals surface area contributed by atoms with Crippen LogP contribution in [0.4, 0.5) is 0 Å². The van der Waals surface area contributed by atoms with Crippen LogP contribution in [0.3, 0.4) is 0 Å². The molecule has 0 aromatic heterocycles. The fourth-order valence-corrected chi connectivity index (χ4v) is 2.06. The second kappa shape index (κ2) is 6.48. The van der Waals surface area contributed by atoms with E-state index in [9.17, 15) is 14.4 Å². The zero-order chi connectivity index (χ0) is 12.8. The summed E-state index contributed by atoms with van der Waals surface area (Å²) in [6, 6.07) is -1.21. The number of carboxylic acids is 1. The van der Waals surface area contributed by atoms with E-state index in [0.29, 0.717) is 6.42 Å². The summed E-state index contributed by atoms with van der Waals surface area (Å²) in [5, 5.41) is 13.7. The molecule has 0 aromatic carbocycles. The number of carboxylic acid groups (broad SMARTS) is 1. The van der Waals surface area contributed by atoms with Gasteiger partial charge in [0.25, 0.3) is 0 Å². The van der Waals surface area contributed by atoms with Gasteiger partial charge >= 0.3 is 5.97 Å². The first-order valence-electron chi connectivity index (χ1n) is 5.36. The van der Waals surface area contributed by atoms with Crippen LogP contribution in [0.5, 0.6) is 0 Å². The molecule has 0 saturated carbocycles. The van der Waals surface area contributed by atoms with Gasteiger partial charge < -0.3 is 15.7 Å². The number of amides is 2. The van der Waals surface area contributed by atoms with Gasteiger partial charge in [0.1, 0.15) is 12.1 Å². The largest absolute Gasteiger partial charge is 0.481 e. The lowest BCUT2D eigenvalue weighted by molar-refractivity contribution is -0.139. The standard InChI is InChI=1S/C10H16N2O4S/c1-17-5-4-7-10(16)11-6(9(15)12-7)2-3-8(13)14/h6-7H,2-5H2,1H3,(H,11,16)(H,12,15)(H,13,14)/t6-,7-/m0/s1. The minimum atomic E-state index is -0.975. The van der Waals surface area contributed by atoms with Crippen LogP contribution in [-0.2, 0) is 14.4 Å². The predicted octanol–water partition coefficient (Wildman–Crippen LogP) is -0.412. The number of aliphatic carboxylic acids is 1. The highest BCUT2D eigenvalue weighted by molar-refractivity contribution is 7.98. The Labute approximate surface area is 104 Å². The molecule has 7 heteroatoms. The maximum absolute atomic E-state index is 11.6. The Balaban J connectivity index is 2.46. The lowest BCUT2D eigenvalue weighted by Crippen LogP contribution is -2.61. The van der Waals surface area contributed by atoms with Gasteiger partial charge in [-0.3, -0.25) is 14.4 Å². The molecule has 1 heterocycles. The van der Waals surface area contributed by atoms with Crippen molar-refractivity contribution in [3.05, 3.63) is 0 Å². The van der Waals surface area contributed by atoms with Crippen LogP contribution in [0.15, 0.2) is 0 Å². The van der Waals surface area contributed by atoms with E-state index in [-0.39, 0.29) is 24.7 Å². The summed E-state index contributed by atoms with van der Waals surface area (Å²) in [6.07, 6.45) is 2.51. The lowest BCUT2D eigenvalue weighted by atomic mass is 10.0. The zero-order valence-corrected chi connectivity index (χ0v) is 10.4. The van der Waals surface area contributed by atoms with Crippen molar-refractivity contribution in [1.82, 2.24) is 10.6 Å². The van der Waals surface area contributed by atoms with Crippen molar-refractivity contribution in [2.45, 2.75) is 31.3 Å². The second-order valence-corrected chi connectivity index (χ2v) is 4.82. The van der Waals surface area contributed by atoms with Gasteiger partial charge in [0.15, 0.2) is 0 Å². The van der Waals surface area contributed by atoms with Gasteiger partial charge in [-0.05, 0) is 24.9 Å². The summed E-state index contributed by atoms with van der Waals surface area (Å²) >= 11 is 1.60. The fraction of sp³-hybridized carbons (Fsp3) is 0.700. The molecular weight excluding hydrogens is 244 g/mol. The molecule has 3 N–H and O–H groups in total. The number of rotatable bonds is 6. The van der Waals surface area contributed by atoms with Crippen LogP contribution in [0.25, 0.3) is 0 Å². The SMILES string of the molecule is CSCC[C@@H]1NC(=O)[C@H](CCC(=O)O)NC1=O. The smallest absolute Gasteiger partial charge is 0.303 e. The van der Waals surface area contributed by atoms with Crippen LogP contribution in [0, 0.1) is 0 Å². The molecule has 17 heavy (non-hydrogen) atoms. The quantitative estimate of drug-likeness (QED) is 0.603. The Bertz CT molecular complexity index is 321. The van der Waals surface area contributed by atoms with E-state index in [0.717, 1.165) is 5.75 Å². The van der Waals surface area contributed by atoms with Crippen LogP contribution < -0.4 is 10.6 Å². The van der Waals surface area contributed by atoms with Crippen LogP contribution >= 0.6 is 11.8 Å². The first-order chi connectivity index (χ1) is 8.04. The molecule has 2 amide bonds. The Kier molecular flexibility index (Phi) is 5.27. The summed E-state index contributed by atoms with van der Waals surface area (Å²) in [4.78, 5) is 33.6. The van der Waals surface area contributed by atoms with E-state index in [4.69, 9.17) is 5.11 Å². The Morgan fingerprint density at radius 3 is 2.24 bits per heavy atom. The van der Waals surface area contributed by atoms with E-state index < -0.39 is 18.1 Å². The topological polar surface area (TPSA) is 95.5 Å². The number of hydrogen-bond donors (Lipinski definition) is 3. The Hall–Kier alpha value is -1.24. The Morgan fingerprint density at radius 2 is 1.76 bits per heavy atom. The number of hydrogen-bond acceptors (Lipinski definition) is 4. The van der Waals surface area contributed by atoms with Crippen LogP contribution in [-0.4, -0.2) is 47.0 Å². The molecule has 96 valence electrons. The first-order valence-corrected chi connectivity index (χ1v) is 6.75. The van der Waals surface area contributed by atoms with E-state index >= 15 is 0 Å². The summed E-state index contributed by atoms with van der Waals surface area (Å²) in [7, 11) is 0. The Morgan fingerprint density at radius 1 is 1.24 bits per heavy atom. The van der Waals surface area contributed by atoms with E-state index in [2.05, 4.69) is 10.6 Å². The third-order valence-electron chi connectivity index (χ3n) is 2.52. The van der Waals surface area contributed by atoms with Gasteiger partial charge in [0, 0.05) is 6.42 Å². The van der Waals surface area contributed by atoms with Gasteiger partial charge in [-0.15, -0.1) is 0 Å². The zero-order valence-electron chi connectivity index (χ0n) is 9.56. The van der Waals surface area contributed by atoms with Crippen molar-refractivity contribution < 1.29 is 19.5 Å². The van der Waals surface area contributed by atoms with Gasteiger partial charge in [0.2, 0.25) is 11.8 Å². The van der Waals surface area contributed by atoms with Crippen molar-refractivity contribution in [2.75, 3.05) is 12.0 Å². The molecule has 0 aromatic rings. The average Bonchev–Trinajstić information content (AvgIpc) is 2.27. The molecule has 0 radical (unpaired) electrons. The highest BCUT2D eigenvalue weighted by Crippen LogP contribution is 2.08. The summed E-state index contributed by atoms with van der Waals surface area (Å²) in [5.41, 5.74) is 0. The normalized spacial score (nSPS) is 24.1. The van der Waals surface area contributed by atoms with Crippen molar-refractivity contribution >= 4 is 29.5 Å². The van der Waals surface area contributed by atoms with Gasteiger partial charge in [-0.25, -0.2) is 0 Å². The molecular formula is C10H16N2O4S. The summed E-state index contributed by atoms with van der Waals surface area (Å²) in [5.74, 6) is -0.708. The van der Waals surface area contributed by atoms with Crippen molar-refractivity contribution in [3.63, 3.8) is 0 Å². The number of carbonyl (C=O) groups excluding carboxylic acids is 2. The first kappa shape index (κ1) is 13.8. The number of nitrogens with one attached hydrogen (secondary N) is 2. The van der Waals surface area contributed by atoms with E-state index in [1.54, 1.807) is 11.8 Å². The van der Waals surface area contributed by atoms with Crippen molar-refractivity contribution in [2.24, 2.45) is 0 Å². The highest BCUT2D eigenvalue weighted by Gasteiger charge is 2.33. The van der Waals surface area contributed by atoms with Crippen LogP contribution in [0.2, 0.25) is 0 Å². The molecule has 1 rings (SSSR count). The second-order valence-electron chi connectivity index (χ2n) is 3.84. The molecule has 1 saturated heterocycles. The maximum Gasteiger partial charge on any atom is 0.303 e. The molecule has 0 unspecified atom stereocenters. The molecule has 6 nitrogen and oxygen atoms in total. The van der Waals surface area contributed by atoms with Crippen LogP contribution in [0.1, 0.15) is 19.3 Å². The molecule has 1 aliphatic heterocycles. The minimum Gasteiger partial charge on any atom is -0.481 e. The molecule has 1 aliphatic rings. The van der Waals surface area contributed by atoms with E-state index in [1.165, 1.54) is 0 Å². The van der Waals surface area contributed by atoms with E-state index in [1.807, 2.05) is 6.26 Å². The lowest BCUT2D eigenvalue weighted by Gasteiger charge is -2.29. The molecule has 0 aliphatic carbocycles. The summed E-state index contributed by atoms with van der Waals surface area (Å²) in [6.45, 7) is 0. The fourth-order valence-electron chi connectivity index (χ4n) is 1.59. The molecule has 0 spiro atoms. The van der Waals surface area contributed by atoms with Gasteiger partial charge in [-0.2, -0.15) is 11.8 Å². The summed E-state index contributed by atoms with van der Waals surface area (Å²) < 4.78 is 0. The van der Waals surface area contributed by atoms with Gasteiger partial charge in [0.05, 0.1) is 0 Å². The predicted molar refractivity (Wildman–Crippen MR) is 63.7 cm³/mol. The number of thioether (sulfide) groups is 1. The van der Waals surface area contributed by atoms with Gasteiger partial charge in [-0.1, -0.05) is 0 Å². The number of piperazine rings is 1. The van der Waals surface area contributed by atoms with Crippen molar-refractivity contribution in [3.8, 4) is 0 Å².